The highest BCUT2D eigenvalue weighted by atomic mass is 16.5. The summed E-state index contributed by atoms with van der Waals surface area (Å²) in [5.41, 5.74) is 1.74. The summed E-state index contributed by atoms with van der Waals surface area (Å²) in [6.45, 7) is 20.2. The van der Waals surface area contributed by atoms with Gasteiger partial charge in [0.05, 0.1) is 17.9 Å². The number of carboxylic acid groups (broad SMARTS) is 1. The Kier molecular flexibility index (Phi) is 9.04. The molecule has 0 radical (unpaired) electrons. The summed E-state index contributed by atoms with van der Waals surface area (Å²) in [5.74, 6) is -0.243. The van der Waals surface area contributed by atoms with Gasteiger partial charge in [-0.1, -0.05) is 72.2 Å². The lowest BCUT2D eigenvalue weighted by Gasteiger charge is -2.72. The van der Waals surface area contributed by atoms with Gasteiger partial charge in [-0.05, 0) is 122 Å². The number of aliphatic hydroxyl groups is 1. The Morgan fingerprint density at radius 2 is 1.62 bits per heavy atom. The molecule has 8 nitrogen and oxygen atoms in total. The van der Waals surface area contributed by atoms with Crippen LogP contribution < -0.4 is 0 Å². The summed E-state index contributed by atoms with van der Waals surface area (Å²) in [7, 11) is 0. The summed E-state index contributed by atoms with van der Waals surface area (Å²) in [4.78, 5) is 54.2. The molecule has 1 aliphatic heterocycles. The number of allylic oxidation sites excluding steroid dienone is 1. The first-order chi connectivity index (χ1) is 24.6. The van der Waals surface area contributed by atoms with Crippen LogP contribution in [0.1, 0.15) is 142 Å². The Bertz CT molecular complexity index is 1760. The number of β-amino-alcohol motifs (C(OH)–C–C–N with tert-alkyl or cyclic N) is 1. The van der Waals surface area contributed by atoms with Crippen molar-refractivity contribution in [3.63, 3.8) is 0 Å². The number of ketones is 1. The molecular weight excluding hydrogens is 666 g/mol. The Morgan fingerprint density at radius 1 is 0.925 bits per heavy atom. The number of ether oxygens (including phenoxy) is 1. The number of benzene rings is 1. The quantitative estimate of drug-likeness (QED) is 0.258. The fourth-order valence-electron chi connectivity index (χ4n) is 13.8. The van der Waals surface area contributed by atoms with Gasteiger partial charge in [0.1, 0.15) is 6.10 Å². The van der Waals surface area contributed by atoms with Crippen molar-refractivity contribution in [2.45, 2.75) is 145 Å². The second-order valence-electron chi connectivity index (χ2n) is 20.4. The molecule has 9 atom stereocenters. The van der Waals surface area contributed by atoms with Crippen molar-refractivity contribution in [3.05, 3.63) is 46.5 Å². The van der Waals surface area contributed by atoms with E-state index in [1.165, 1.54) is 5.57 Å². The Morgan fingerprint density at radius 3 is 2.28 bits per heavy atom. The van der Waals surface area contributed by atoms with Crippen LogP contribution in [0, 0.1) is 56.2 Å². The normalized spacial score (nSPS) is 38.1. The van der Waals surface area contributed by atoms with Gasteiger partial charge in [0.2, 0.25) is 0 Å². The maximum atomic E-state index is 14.1. The van der Waals surface area contributed by atoms with E-state index in [2.05, 4.69) is 48.5 Å². The van der Waals surface area contributed by atoms with E-state index in [0.29, 0.717) is 30.4 Å². The lowest BCUT2D eigenvalue weighted by molar-refractivity contribution is -0.235. The van der Waals surface area contributed by atoms with Gasteiger partial charge >= 0.3 is 11.9 Å². The number of Topliss-reactive ketones (excluding diaryl/α,β-unsaturated/α-hetero) is 1. The first-order valence-electron chi connectivity index (χ1n) is 20.4. The van der Waals surface area contributed by atoms with E-state index < -0.39 is 28.9 Å². The molecule has 0 unspecified atom stereocenters. The number of rotatable bonds is 8. The van der Waals surface area contributed by atoms with Crippen LogP contribution in [0.4, 0.5) is 0 Å². The van der Waals surface area contributed by atoms with Crippen molar-refractivity contribution < 1.29 is 34.1 Å². The number of hydrogen-bond donors (Lipinski definition) is 2. The second kappa shape index (κ2) is 12.5. The van der Waals surface area contributed by atoms with Crippen LogP contribution in [0.3, 0.4) is 0 Å². The topological polar surface area (TPSA) is 121 Å². The minimum atomic E-state index is -1.18. The summed E-state index contributed by atoms with van der Waals surface area (Å²) in [6, 6.07) is 7.70. The number of fused-ring (bicyclic) bond motifs is 8. The molecule has 6 aliphatic rings. The van der Waals surface area contributed by atoms with Crippen molar-refractivity contribution >= 4 is 23.6 Å². The first kappa shape index (κ1) is 38.3. The smallest absolute Gasteiger partial charge is 0.309 e. The molecule has 0 bridgehead atoms. The van der Waals surface area contributed by atoms with Crippen LogP contribution >= 0.6 is 0 Å². The molecule has 1 aromatic carbocycles. The molecule has 1 heterocycles. The molecular formula is C45H63NO7. The highest BCUT2D eigenvalue weighted by Crippen LogP contribution is 2.77. The molecule has 4 fully saturated rings. The second-order valence-corrected chi connectivity index (χ2v) is 20.4. The summed E-state index contributed by atoms with van der Waals surface area (Å²) < 4.78 is 6.16. The fourth-order valence-corrected chi connectivity index (χ4v) is 13.8. The van der Waals surface area contributed by atoms with E-state index in [-0.39, 0.29) is 64.3 Å². The Hall–Kier alpha value is -3.00. The van der Waals surface area contributed by atoms with E-state index in [9.17, 15) is 29.4 Å². The summed E-state index contributed by atoms with van der Waals surface area (Å²) in [6.07, 6.45) is 6.59. The van der Waals surface area contributed by atoms with Crippen molar-refractivity contribution in [2.75, 3.05) is 6.54 Å². The third-order valence-corrected chi connectivity index (χ3v) is 16.8. The number of carboxylic acids is 1. The first-order valence-corrected chi connectivity index (χ1v) is 20.4. The molecule has 8 heteroatoms. The zero-order chi connectivity index (χ0) is 38.7. The van der Waals surface area contributed by atoms with Gasteiger partial charge in [-0.25, -0.2) is 0 Å². The SMILES string of the molecule is CC(C)C1=C2[C@H]3CC[C@@H]4[C@@]5(C)CC[C@H](OC(=O)CC(C)(C)C(=O)O)C(C)(C)[C@@H]5CC[C@@]4(C)[C@]3(C)CC[C@@]2([C@@H](O)CN2Cc3ccccc3C2=O)CC1=O. The van der Waals surface area contributed by atoms with Crippen molar-refractivity contribution in [1.29, 1.82) is 0 Å². The van der Waals surface area contributed by atoms with Crippen LogP contribution in [0.2, 0.25) is 0 Å². The molecule has 290 valence electrons. The van der Waals surface area contributed by atoms with Crippen LogP contribution in [0.25, 0.3) is 0 Å². The number of esters is 1. The van der Waals surface area contributed by atoms with Gasteiger partial charge < -0.3 is 19.8 Å². The number of aliphatic carboxylic acids is 1. The maximum Gasteiger partial charge on any atom is 0.309 e. The van der Waals surface area contributed by atoms with Crippen LogP contribution in [-0.4, -0.2) is 57.5 Å². The average Bonchev–Trinajstić information content (AvgIpc) is 3.56. The summed E-state index contributed by atoms with van der Waals surface area (Å²) in [5, 5.41) is 22.0. The van der Waals surface area contributed by atoms with Crippen molar-refractivity contribution in [3.8, 4) is 0 Å². The fraction of sp³-hybridized carbons (Fsp3) is 0.733. The van der Waals surface area contributed by atoms with E-state index in [1.54, 1.807) is 18.7 Å². The molecule has 4 saturated carbocycles. The molecule has 7 rings (SSSR count). The highest BCUT2D eigenvalue weighted by molar-refractivity contribution is 6.01. The summed E-state index contributed by atoms with van der Waals surface area (Å²) >= 11 is 0. The zero-order valence-electron chi connectivity index (χ0n) is 33.6. The average molecular weight is 730 g/mol. The zero-order valence-corrected chi connectivity index (χ0v) is 33.6. The van der Waals surface area contributed by atoms with Gasteiger partial charge in [-0.15, -0.1) is 0 Å². The number of hydrogen-bond acceptors (Lipinski definition) is 6. The predicted molar refractivity (Wildman–Crippen MR) is 203 cm³/mol. The van der Waals surface area contributed by atoms with E-state index in [1.807, 2.05) is 24.3 Å². The molecule has 0 aromatic heterocycles. The van der Waals surface area contributed by atoms with Gasteiger partial charge in [-0.3, -0.25) is 19.2 Å². The number of aliphatic hydroxyl groups excluding tert-OH is 1. The van der Waals surface area contributed by atoms with Crippen molar-refractivity contribution in [1.82, 2.24) is 4.90 Å². The molecule has 5 aliphatic carbocycles. The minimum absolute atomic E-state index is 0.0106. The number of nitrogens with zero attached hydrogens (tertiary/aromatic N) is 1. The Balaban J connectivity index is 1.17. The van der Waals surface area contributed by atoms with Gasteiger partial charge in [0, 0.05) is 35.9 Å². The van der Waals surface area contributed by atoms with Crippen LogP contribution in [0.5, 0.6) is 0 Å². The minimum Gasteiger partial charge on any atom is -0.481 e. The van der Waals surface area contributed by atoms with Crippen molar-refractivity contribution in [2.24, 2.45) is 56.2 Å². The van der Waals surface area contributed by atoms with Crippen LogP contribution in [-0.2, 0) is 25.7 Å². The van der Waals surface area contributed by atoms with E-state index >= 15 is 0 Å². The monoisotopic (exact) mass is 729 g/mol. The molecule has 0 spiro atoms. The third kappa shape index (κ3) is 5.44. The van der Waals surface area contributed by atoms with E-state index in [0.717, 1.165) is 62.5 Å². The third-order valence-electron chi connectivity index (χ3n) is 16.8. The molecule has 0 saturated heterocycles. The lowest BCUT2D eigenvalue weighted by Crippen LogP contribution is -2.66. The van der Waals surface area contributed by atoms with E-state index in [4.69, 9.17) is 4.74 Å². The van der Waals surface area contributed by atoms with Gasteiger partial charge in [0.25, 0.3) is 5.91 Å². The predicted octanol–water partition coefficient (Wildman–Crippen LogP) is 8.40. The largest absolute Gasteiger partial charge is 0.481 e. The van der Waals surface area contributed by atoms with Gasteiger partial charge in [0.15, 0.2) is 5.78 Å². The maximum absolute atomic E-state index is 14.1. The number of amides is 1. The molecule has 53 heavy (non-hydrogen) atoms. The highest BCUT2D eigenvalue weighted by Gasteiger charge is 2.71. The molecule has 2 N–H and O–H groups in total. The Labute approximate surface area is 316 Å². The lowest BCUT2D eigenvalue weighted by atomic mass is 9.33. The standard InChI is InChI=1S/C45H63NO7/c1-26(2)36-30(47)22-45(33(48)25-46-24-27-12-10-11-13-28(27)38(46)50)21-20-43(8)29(37(36)45)14-15-32-42(7)18-17-34(53-35(49)23-40(3,4)39(51)52)41(5,6)31(42)16-19-44(32,43)9/h10-13,26,29,31-34,48H,14-25H2,1-9H3,(H,51,52)/t29-,31+,32-,33+,34+,42+,43-,44-,45+/m1/s1. The number of carbonyl (C=O) groups excluding carboxylic acids is 3. The molecule has 1 aromatic rings. The van der Waals surface area contributed by atoms with Gasteiger partial charge in [-0.2, -0.15) is 0 Å². The van der Waals surface area contributed by atoms with Crippen LogP contribution in [0.15, 0.2) is 35.4 Å². The molecule has 1 amide bonds. The number of carbonyl (C=O) groups is 4.